The lowest BCUT2D eigenvalue weighted by atomic mass is 10.1. The van der Waals surface area contributed by atoms with E-state index in [-0.39, 0.29) is 17.3 Å². The summed E-state index contributed by atoms with van der Waals surface area (Å²) in [7, 11) is 5.10. The van der Waals surface area contributed by atoms with Gasteiger partial charge >= 0.3 is 0 Å². The third-order valence-electron chi connectivity index (χ3n) is 6.86. The lowest BCUT2D eigenvalue weighted by molar-refractivity contribution is 0.0827. The predicted molar refractivity (Wildman–Crippen MR) is 164 cm³/mol. The second kappa shape index (κ2) is 11.3. The summed E-state index contributed by atoms with van der Waals surface area (Å²) >= 11 is 6.12. The number of nitrogens with two attached hydrogens (primary N) is 1. The first-order valence-corrected chi connectivity index (χ1v) is 13.3. The van der Waals surface area contributed by atoms with Gasteiger partial charge in [-0.15, -0.1) is 0 Å². The summed E-state index contributed by atoms with van der Waals surface area (Å²) < 4.78 is 3.02. The van der Waals surface area contributed by atoms with Gasteiger partial charge in [0.2, 0.25) is 0 Å². The normalized spacial score (nSPS) is 10.9. The summed E-state index contributed by atoms with van der Waals surface area (Å²) in [5, 5.41) is 3.28. The van der Waals surface area contributed by atoms with Crippen molar-refractivity contribution in [2.24, 2.45) is 7.05 Å². The van der Waals surface area contributed by atoms with Crippen molar-refractivity contribution in [2.75, 3.05) is 25.1 Å². The quantitative estimate of drug-likeness (QED) is 0.296. The monoisotopic (exact) mass is 581 g/mol. The zero-order valence-electron chi connectivity index (χ0n) is 23.4. The number of nitrogens with zero attached hydrogens (tertiary/aromatic N) is 5. The fourth-order valence-electron chi connectivity index (χ4n) is 4.59. The number of nitrogen functional groups attached to an aromatic ring is 1. The Balaban J connectivity index is 1.40. The maximum Gasteiger partial charge on any atom is 0.284 e. The second-order valence-electron chi connectivity index (χ2n) is 9.88. The zero-order valence-corrected chi connectivity index (χ0v) is 24.2. The van der Waals surface area contributed by atoms with E-state index in [1.165, 1.54) is 9.58 Å². The van der Waals surface area contributed by atoms with Crippen molar-refractivity contribution in [3.63, 3.8) is 0 Å². The van der Waals surface area contributed by atoms with E-state index < -0.39 is 11.5 Å². The van der Waals surface area contributed by atoms with Gasteiger partial charge in [-0.3, -0.25) is 19.1 Å². The number of halogens is 1. The van der Waals surface area contributed by atoms with Crippen molar-refractivity contribution in [2.45, 2.75) is 6.92 Å². The lowest BCUT2D eigenvalue weighted by Crippen LogP contribution is -2.25. The Hall–Kier alpha value is -5.22. The minimum Gasteiger partial charge on any atom is -0.382 e. The van der Waals surface area contributed by atoms with Crippen LogP contribution in [0.2, 0.25) is 5.02 Å². The first-order chi connectivity index (χ1) is 20.0. The standard InChI is InChI=1S/C31H28ClN7O3/c1-18-26(31(42)39(38(18)4)24-10-6-9-22(32)16-24)29(40)35-23-13-11-19(12-14-23)27-28(33)34-17-25(36-27)20-7-5-8-21(15-20)30(41)37(2)3/h5-17H,1-4H3,(H2,33,34)(H,35,40). The van der Waals surface area contributed by atoms with E-state index in [1.54, 1.807) is 106 Å². The first kappa shape index (κ1) is 28.3. The van der Waals surface area contributed by atoms with Crippen LogP contribution in [0.5, 0.6) is 0 Å². The van der Waals surface area contributed by atoms with Gasteiger partial charge < -0.3 is 16.0 Å². The molecular weight excluding hydrogens is 554 g/mol. The minimum atomic E-state index is -0.532. The van der Waals surface area contributed by atoms with Crippen molar-refractivity contribution >= 4 is 34.9 Å². The molecule has 0 bridgehead atoms. The van der Waals surface area contributed by atoms with E-state index in [0.717, 1.165) is 5.56 Å². The molecule has 0 saturated heterocycles. The molecule has 5 aromatic rings. The molecule has 0 saturated carbocycles. The largest absolute Gasteiger partial charge is 0.382 e. The van der Waals surface area contributed by atoms with Crippen LogP contribution in [0.15, 0.2) is 83.8 Å². The Bertz CT molecular complexity index is 1890. The maximum absolute atomic E-state index is 13.3. The Morgan fingerprint density at radius 2 is 1.69 bits per heavy atom. The van der Waals surface area contributed by atoms with Crippen LogP contribution >= 0.6 is 11.6 Å². The number of hydrogen-bond donors (Lipinski definition) is 2. The van der Waals surface area contributed by atoms with Gasteiger partial charge in [0.05, 0.1) is 23.3 Å². The number of carbonyl (C=O) groups is 2. The highest BCUT2D eigenvalue weighted by molar-refractivity contribution is 6.30. The summed E-state index contributed by atoms with van der Waals surface area (Å²) in [5.74, 6) is -0.417. The second-order valence-corrected chi connectivity index (χ2v) is 10.3. The maximum atomic E-state index is 13.3. The molecule has 42 heavy (non-hydrogen) atoms. The average molecular weight is 582 g/mol. The van der Waals surface area contributed by atoms with Gasteiger partial charge in [0.25, 0.3) is 17.4 Å². The molecule has 0 radical (unpaired) electrons. The van der Waals surface area contributed by atoms with Gasteiger partial charge in [-0.05, 0) is 49.4 Å². The lowest BCUT2D eigenvalue weighted by Gasteiger charge is -2.12. The molecule has 3 aromatic carbocycles. The van der Waals surface area contributed by atoms with Crippen LogP contribution in [-0.4, -0.2) is 50.1 Å². The van der Waals surface area contributed by atoms with Crippen molar-refractivity contribution in [3.8, 4) is 28.2 Å². The van der Waals surface area contributed by atoms with Gasteiger partial charge in [0.1, 0.15) is 17.1 Å². The van der Waals surface area contributed by atoms with Gasteiger partial charge in [-0.1, -0.05) is 41.9 Å². The van der Waals surface area contributed by atoms with Crippen LogP contribution in [0.3, 0.4) is 0 Å². The molecule has 0 aliphatic rings. The molecule has 2 amide bonds. The fraction of sp³-hybridized carbons (Fsp3) is 0.129. The SMILES string of the molecule is Cc1c(C(=O)Nc2ccc(-c3nc(-c4cccc(C(=O)N(C)C)c4)cnc3N)cc2)c(=O)n(-c2cccc(Cl)c2)n1C. The van der Waals surface area contributed by atoms with Gasteiger partial charge in [-0.25, -0.2) is 14.6 Å². The Kier molecular flexibility index (Phi) is 7.64. The summed E-state index contributed by atoms with van der Waals surface area (Å²) in [6, 6.07) is 20.9. The Morgan fingerprint density at radius 1 is 0.976 bits per heavy atom. The topological polar surface area (TPSA) is 128 Å². The van der Waals surface area contributed by atoms with E-state index in [9.17, 15) is 14.4 Å². The van der Waals surface area contributed by atoms with E-state index in [1.807, 2.05) is 6.07 Å². The zero-order chi connectivity index (χ0) is 30.1. The highest BCUT2D eigenvalue weighted by Crippen LogP contribution is 2.28. The van der Waals surface area contributed by atoms with Crippen molar-refractivity contribution in [3.05, 3.63) is 111 Å². The van der Waals surface area contributed by atoms with Crippen LogP contribution in [0.1, 0.15) is 26.4 Å². The van der Waals surface area contributed by atoms with E-state index in [0.29, 0.717) is 44.6 Å². The first-order valence-electron chi connectivity index (χ1n) is 13.0. The molecule has 0 unspecified atom stereocenters. The molecule has 3 N–H and O–H groups in total. The van der Waals surface area contributed by atoms with Gasteiger partial charge in [0, 0.05) is 48.5 Å². The Morgan fingerprint density at radius 3 is 2.38 bits per heavy atom. The third-order valence-corrected chi connectivity index (χ3v) is 7.10. The number of carbonyl (C=O) groups excluding carboxylic acids is 2. The molecule has 0 aliphatic carbocycles. The molecule has 212 valence electrons. The fourth-order valence-corrected chi connectivity index (χ4v) is 4.78. The molecular formula is C31H28ClN7O3. The third kappa shape index (κ3) is 5.39. The molecule has 0 fully saturated rings. The van der Waals surface area contributed by atoms with E-state index in [4.69, 9.17) is 22.3 Å². The van der Waals surface area contributed by atoms with Crippen LogP contribution in [0.4, 0.5) is 11.5 Å². The smallest absolute Gasteiger partial charge is 0.284 e. The average Bonchev–Trinajstić information content (AvgIpc) is 3.20. The molecule has 2 aromatic heterocycles. The summed E-state index contributed by atoms with van der Waals surface area (Å²) in [6.07, 6.45) is 1.56. The van der Waals surface area contributed by atoms with E-state index in [2.05, 4.69) is 10.3 Å². The highest BCUT2D eigenvalue weighted by Gasteiger charge is 2.22. The number of amides is 2. The number of nitrogens with one attached hydrogen (secondary N) is 1. The number of rotatable bonds is 6. The minimum absolute atomic E-state index is 0.0272. The predicted octanol–water partition coefficient (Wildman–Crippen LogP) is 4.80. The number of anilines is 2. The molecule has 5 rings (SSSR count). The van der Waals surface area contributed by atoms with Crippen LogP contribution in [0.25, 0.3) is 28.2 Å². The molecule has 2 heterocycles. The van der Waals surface area contributed by atoms with Crippen LogP contribution in [0, 0.1) is 6.92 Å². The summed E-state index contributed by atoms with van der Waals surface area (Å²) in [4.78, 5) is 49.4. The Labute approximate surface area is 247 Å². The number of benzene rings is 3. The molecule has 0 spiro atoms. The van der Waals surface area contributed by atoms with Crippen LogP contribution < -0.4 is 16.6 Å². The number of hydrogen-bond acceptors (Lipinski definition) is 6. The van der Waals surface area contributed by atoms with Crippen molar-refractivity contribution < 1.29 is 9.59 Å². The summed E-state index contributed by atoms with van der Waals surface area (Å²) in [6.45, 7) is 1.71. The molecule has 0 aliphatic heterocycles. The number of aromatic nitrogens is 4. The molecule has 0 atom stereocenters. The van der Waals surface area contributed by atoms with Crippen LogP contribution in [-0.2, 0) is 7.05 Å². The molecule has 11 heteroatoms. The van der Waals surface area contributed by atoms with Gasteiger partial charge in [-0.2, -0.15) is 0 Å². The van der Waals surface area contributed by atoms with E-state index >= 15 is 0 Å². The summed E-state index contributed by atoms with van der Waals surface area (Å²) in [5.41, 5.74) is 10.2. The van der Waals surface area contributed by atoms with Gasteiger partial charge in [0.15, 0.2) is 0 Å². The molecule has 10 nitrogen and oxygen atoms in total. The van der Waals surface area contributed by atoms with Crippen molar-refractivity contribution in [1.29, 1.82) is 0 Å². The van der Waals surface area contributed by atoms with Crippen molar-refractivity contribution in [1.82, 2.24) is 24.2 Å². The highest BCUT2D eigenvalue weighted by atomic mass is 35.5.